The van der Waals surface area contributed by atoms with Crippen molar-refractivity contribution >= 4 is 0 Å². The normalized spacial score (nSPS) is 12.4. The van der Waals surface area contributed by atoms with Gasteiger partial charge in [0.15, 0.2) is 5.82 Å². The van der Waals surface area contributed by atoms with Crippen molar-refractivity contribution < 1.29 is 0 Å². The molecule has 0 saturated heterocycles. The highest BCUT2D eigenvalue weighted by Gasteiger charge is 2.19. The van der Waals surface area contributed by atoms with E-state index in [1.807, 2.05) is 14.1 Å². The Bertz CT molecular complexity index is 284. The molecule has 0 radical (unpaired) electrons. The zero-order valence-electron chi connectivity index (χ0n) is 9.65. The molecule has 0 aromatic carbocycles. The molecule has 5 nitrogen and oxygen atoms in total. The molecule has 0 unspecified atom stereocenters. The molecule has 1 rings (SSSR count). The predicted molar refractivity (Wildman–Crippen MR) is 55.1 cm³/mol. The summed E-state index contributed by atoms with van der Waals surface area (Å²) in [5.41, 5.74) is -0.0175. The first-order valence-corrected chi connectivity index (χ1v) is 4.82. The van der Waals surface area contributed by atoms with Crippen LogP contribution >= 0.6 is 0 Å². The maximum absolute atomic E-state index is 4.32. The van der Waals surface area contributed by atoms with Crippen LogP contribution in [0.1, 0.15) is 26.6 Å². The Labute approximate surface area is 85.1 Å². The topological polar surface area (TPSA) is 46.8 Å². The molecule has 1 aromatic rings. The molecular weight excluding hydrogens is 178 g/mol. The van der Waals surface area contributed by atoms with Gasteiger partial charge in [0.2, 0.25) is 0 Å². The van der Waals surface area contributed by atoms with Gasteiger partial charge < -0.3 is 4.90 Å². The quantitative estimate of drug-likeness (QED) is 0.709. The third-order valence-electron chi connectivity index (χ3n) is 1.87. The molecular formula is C9H19N5. The Hall–Kier alpha value is -0.970. The van der Waals surface area contributed by atoms with Gasteiger partial charge in [0.1, 0.15) is 0 Å². The van der Waals surface area contributed by atoms with Gasteiger partial charge in [-0.05, 0) is 19.3 Å². The Morgan fingerprint density at radius 3 is 2.36 bits per heavy atom. The van der Waals surface area contributed by atoms with Crippen molar-refractivity contribution in [1.82, 2.24) is 25.1 Å². The van der Waals surface area contributed by atoms with Crippen molar-refractivity contribution in [1.29, 1.82) is 0 Å². The summed E-state index contributed by atoms with van der Waals surface area (Å²) in [6, 6.07) is 0. The van der Waals surface area contributed by atoms with Crippen LogP contribution in [0.4, 0.5) is 0 Å². The largest absolute Gasteiger partial charge is 0.307 e. The van der Waals surface area contributed by atoms with Gasteiger partial charge in [-0.15, -0.1) is 10.2 Å². The van der Waals surface area contributed by atoms with E-state index in [1.165, 1.54) is 0 Å². The van der Waals surface area contributed by atoms with Crippen LogP contribution in [0.2, 0.25) is 0 Å². The molecule has 80 valence electrons. The van der Waals surface area contributed by atoms with Gasteiger partial charge in [-0.25, -0.2) is 0 Å². The van der Waals surface area contributed by atoms with Crippen molar-refractivity contribution in [3.8, 4) is 0 Å². The Morgan fingerprint density at radius 1 is 1.29 bits per heavy atom. The molecule has 0 atom stereocenters. The lowest BCUT2D eigenvalue weighted by atomic mass is 9.96. The minimum atomic E-state index is -0.0175. The lowest BCUT2D eigenvalue weighted by Crippen LogP contribution is -2.20. The van der Waals surface area contributed by atoms with E-state index in [0.29, 0.717) is 0 Å². The van der Waals surface area contributed by atoms with Gasteiger partial charge in [-0.3, -0.25) is 0 Å². The van der Waals surface area contributed by atoms with E-state index in [2.05, 4.69) is 41.1 Å². The molecule has 5 heteroatoms. The van der Waals surface area contributed by atoms with E-state index in [1.54, 1.807) is 4.80 Å². The van der Waals surface area contributed by atoms with Gasteiger partial charge in [0, 0.05) is 12.0 Å². The molecule has 0 fully saturated rings. The summed E-state index contributed by atoms with van der Waals surface area (Å²) in [6.45, 7) is 7.97. The van der Waals surface area contributed by atoms with E-state index >= 15 is 0 Å². The van der Waals surface area contributed by atoms with Crippen LogP contribution in [0.15, 0.2) is 0 Å². The monoisotopic (exact) mass is 197 g/mol. The maximum atomic E-state index is 4.32. The second-order valence-electron chi connectivity index (χ2n) is 4.76. The zero-order valence-corrected chi connectivity index (χ0v) is 9.65. The highest BCUT2D eigenvalue weighted by molar-refractivity contribution is 4.95. The fourth-order valence-electron chi connectivity index (χ4n) is 0.927. The first-order valence-electron chi connectivity index (χ1n) is 4.82. The third kappa shape index (κ3) is 3.06. The lowest BCUT2D eigenvalue weighted by Gasteiger charge is -2.11. The molecule has 0 aliphatic heterocycles. The van der Waals surface area contributed by atoms with Crippen molar-refractivity contribution in [3.05, 3.63) is 5.82 Å². The highest BCUT2D eigenvalue weighted by atomic mass is 15.6. The van der Waals surface area contributed by atoms with Gasteiger partial charge in [0.25, 0.3) is 0 Å². The standard InChI is InChI=1S/C9H19N5/c1-9(2,3)8-10-12-14(11-8)7-6-13(4)5/h6-7H2,1-5H3. The summed E-state index contributed by atoms with van der Waals surface area (Å²) in [6.07, 6.45) is 0. The molecule has 14 heavy (non-hydrogen) atoms. The third-order valence-corrected chi connectivity index (χ3v) is 1.87. The van der Waals surface area contributed by atoms with Gasteiger partial charge in [-0.2, -0.15) is 4.80 Å². The first kappa shape index (κ1) is 11.1. The van der Waals surface area contributed by atoms with Crippen molar-refractivity contribution in [2.45, 2.75) is 32.7 Å². The molecule has 0 spiro atoms. The number of rotatable bonds is 3. The molecule has 0 aliphatic rings. The average molecular weight is 197 g/mol. The second-order valence-corrected chi connectivity index (χ2v) is 4.76. The minimum Gasteiger partial charge on any atom is -0.307 e. The molecule has 0 saturated carbocycles. The van der Waals surface area contributed by atoms with Gasteiger partial charge >= 0.3 is 0 Å². The SMILES string of the molecule is CN(C)CCn1nnc(C(C)(C)C)n1. The average Bonchev–Trinajstić information content (AvgIpc) is 2.47. The summed E-state index contributed by atoms with van der Waals surface area (Å²) in [5, 5.41) is 12.4. The highest BCUT2D eigenvalue weighted by Crippen LogP contribution is 2.15. The minimum absolute atomic E-state index is 0.0175. The number of hydrogen-bond donors (Lipinski definition) is 0. The second kappa shape index (κ2) is 4.04. The first-order chi connectivity index (χ1) is 6.39. The number of tetrazole rings is 1. The fraction of sp³-hybridized carbons (Fsp3) is 0.889. The van der Waals surface area contributed by atoms with E-state index < -0.39 is 0 Å². The lowest BCUT2D eigenvalue weighted by molar-refractivity contribution is 0.354. The van der Waals surface area contributed by atoms with E-state index in [4.69, 9.17) is 0 Å². The van der Waals surface area contributed by atoms with Crippen LogP contribution in [0, 0.1) is 0 Å². The molecule has 1 heterocycles. The Morgan fingerprint density at radius 2 is 1.93 bits per heavy atom. The summed E-state index contributed by atoms with van der Waals surface area (Å²) in [5.74, 6) is 0.802. The number of hydrogen-bond acceptors (Lipinski definition) is 4. The van der Waals surface area contributed by atoms with E-state index in [-0.39, 0.29) is 5.41 Å². The maximum Gasteiger partial charge on any atom is 0.180 e. The van der Waals surface area contributed by atoms with Gasteiger partial charge in [-0.1, -0.05) is 20.8 Å². The molecule has 0 bridgehead atoms. The number of aromatic nitrogens is 4. The Balaban J connectivity index is 2.60. The van der Waals surface area contributed by atoms with Crippen LogP contribution < -0.4 is 0 Å². The molecule has 1 aromatic heterocycles. The van der Waals surface area contributed by atoms with E-state index in [0.717, 1.165) is 18.9 Å². The number of likely N-dealkylation sites (N-methyl/N-ethyl adjacent to an activating group) is 1. The van der Waals surface area contributed by atoms with Crippen molar-refractivity contribution in [2.75, 3.05) is 20.6 Å². The summed E-state index contributed by atoms with van der Waals surface area (Å²) in [7, 11) is 4.06. The molecule has 0 amide bonds. The number of nitrogens with zero attached hydrogens (tertiary/aromatic N) is 5. The van der Waals surface area contributed by atoms with E-state index in [9.17, 15) is 0 Å². The fourth-order valence-corrected chi connectivity index (χ4v) is 0.927. The van der Waals surface area contributed by atoms with Crippen LogP contribution in [0.5, 0.6) is 0 Å². The Kier molecular flexibility index (Phi) is 3.21. The smallest absolute Gasteiger partial charge is 0.180 e. The molecule has 0 N–H and O–H groups in total. The summed E-state index contributed by atoms with van der Waals surface area (Å²) >= 11 is 0. The summed E-state index contributed by atoms with van der Waals surface area (Å²) < 4.78 is 0. The van der Waals surface area contributed by atoms with Gasteiger partial charge in [0.05, 0.1) is 6.54 Å². The molecule has 0 aliphatic carbocycles. The predicted octanol–water partition coefficient (Wildman–Crippen LogP) is 0.532. The van der Waals surface area contributed by atoms with Crippen LogP contribution in [-0.2, 0) is 12.0 Å². The zero-order chi connectivity index (χ0) is 10.8. The van der Waals surface area contributed by atoms with Crippen LogP contribution in [0.3, 0.4) is 0 Å². The summed E-state index contributed by atoms with van der Waals surface area (Å²) in [4.78, 5) is 3.75. The van der Waals surface area contributed by atoms with Crippen LogP contribution in [0.25, 0.3) is 0 Å². The van der Waals surface area contributed by atoms with Crippen molar-refractivity contribution in [3.63, 3.8) is 0 Å². The van der Waals surface area contributed by atoms with Crippen molar-refractivity contribution in [2.24, 2.45) is 0 Å². The van der Waals surface area contributed by atoms with Crippen LogP contribution in [-0.4, -0.2) is 45.7 Å².